The quantitative estimate of drug-likeness (QED) is 0.624. The lowest BCUT2D eigenvalue weighted by Gasteiger charge is -2.14. The average Bonchev–Trinajstić information content (AvgIpc) is 2.49. The fourth-order valence-corrected chi connectivity index (χ4v) is 2.66. The molecule has 4 heteroatoms. The third-order valence-corrected chi connectivity index (χ3v) is 3.89. The first kappa shape index (κ1) is 14.0. The maximum atomic E-state index is 13.9. The van der Waals surface area contributed by atoms with Crippen LogP contribution < -0.4 is 0 Å². The zero-order valence-corrected chi connectivity index (χ0v) is 12.0. The number of hydrogen-bond acceptors (Lipinski definition) is 1. The maximum absolute atomic E-state index is 13.9. The van der Waals surface area contributed by atoms with Crippen LogP contribution in [-0.2, 0) is 0 Å². The van der Waals surface area contributed by atoms with Gasteiger partial charge in [-0.1, -0.05) is 48.9 Å². The van der Waals surface area contributed by atoms with Gasteiger partial charge in [0, 0.05) is 17.0 Å². The number of pyridine rings is 1. The lowest BCUT2D eigenvalue weighted by atomic mass is 9.96. The first-order valence-electron chi connectivity index (χ1n) is 6.57. The van der Waals surface area contributed by atoms with Crippen LogP contribution >= 0.6 is 11.6 Å². The predicted octanol–water partition coefficient (Wildman–Crippen LogP) is 5.32. The molecule has 0 amide bonds. The Bertz CT molecular complexity index is 817. The average molecular weight is 304 g/mol. The van der Waals surface area contributed by atoms with E-state index in [-0.39, 0.29) is 11.5 Å². The summed E-state index contributed by atoms with van der Waals surface area (Å²) in [6.45, 7) is 1.78. The van der Waals surface area contributed by atoms with Gasteiger partial charge in [-0.15, -0.1) is 0 Å². The van der Waals surface area contributed by atoms with Gasteiger partial charge in [-0.25, -0.2) is 8.78 Å². The van der Waals surface area contributed by atoms with E-state index in [4.69, 9.17) is 11.6 Å². The summed E-state index contributed by atoms with van der Waals surface area (Å²) < 4.78 is 27.3. The minimum Gasteiger partial charge on any atom is -0.252 e. The molecule has 1 aromatic heterocycles. The van der Waals surface area contributed by atoms with E-state index in [1.807, 2.05) is 24.3 Å². The second-order valence-corrected chi connectivity index (χ2v) is 5.32. The van der Waals surface area contributed by atoms with Crippen LogP contribution in [0.15, 0.2) is 48.5 Å². The number of hydrogen-bond donors (Lipinski definition) is 0. The fourth-order valence-electron chi connectivity index (χ4n) is 2.39. The second kappa shape index (κ2) is 5.41. The van der Waals surface area contributed by atoms with Crippen molar-refractivity contribution in [1.29, 1.82) is 0 Å². The van der Waals surface area contributed by atoms with E-state index in [1.54, 1.807) is 19.1 Å². The van der Waals surface area contributed by atoms with Crippen molar-refractivity contribution < 1.29 is 8.78 Å². The van der Waals surface area contributed by atoms with Gasteiger partial charge in [-0.2, -0.15) is 0 Å². The molecule has 1 nitrogen and oxygen atoms in total. The van der Waals surface area contributed by atoms with Crippen molar-refractivity contribution in [2.75, 3.05) is 0 Å². The third-order valence-electron chi connectivity index (χ3n) is 3.58. The number of rotatable bonds is 2. The molecule has 1 unspecified atom stereocenters. The van der Waals surface area contributed by atoms with Crippen LogP contribution in [0.25, 0.3) is 10.9 Å². The highest BCUT2D eigenvalue weighted by Gasteiger charge is 2.18. The third kappa shape index (κ3) is 2.49. The Hall–Kier alpha value is -2.00. The molecule has 3 aromatic rings. The van der Waals surface area contributed by atoms with Crippen molar-refractivity contribution in [3.05, 3.63) is 76.4 Å². The van der Waals surface area contributed by atoms with E-state index in [9.17, 15) is 8.78 Å². The molecule has 0 spiro atoms. The van der Waals surface area contributed by atoms with Gasteiger partial charge in [0.05, 0.1) is 10.5 Å². The van der Waals surface area contributed by atoms with Crippen molar-refractivity contribution in [3.8, 4) is 0 Å². The lowest BCUT2D eigenvalue weighted by Crippen LogP contribution is -2.04. The summed E-state index contributed by atoms with van der Waals surface area (Å²) in [5.74, 6) is -2.08. The lowest BCUT2D eigenvalue weighted by molar-refractivity contribution is 0.495. The van der Waals surface area contributed by atoms with Crippen LogP contribution in [0.3, 0.4) is 0 Å². The van der Waals surface area contributed by atoms with Gasteiger partial charge >= 0.3 is 0 Å². The van der Waals surface area contributed by atoms with Crippen LogP contribution in [-0.4, -0.2) is 4.98 Å². The standard InChI is InChI=1S/C17H12ClF2N/c1-10(11-6-4-7-14(19)17(11)20)16-9-13(18)12-5-2-3-8-15(12)21-16/h2-10H,1H3. The van der Waals surface area contributed by atoms with E-state index in [0.29, 0.717) is 10.7 Å². The molecule has 0 fully saturated rings. The predicted molar refractivity (Wildman–Crippen MR) is 80.6 cm³/mol. The maximum Gasteiger partial charge on any atom is 0.162 e. The number of nitrogens with zero attached hydrogens (tertiary/aromatic N) is 1. The molecule has 0 bridgehead atoms. The van der Waals surface area contributed by atoms with Crippen LogP contribution in [0.4, 0.5) is 8.78 Å². The highest BCUT2D eigenvalue weighted by Crippen LogP contribution is 2.31. The molecule has 106 valence electrons. The van der Waals surface area contributed by atoms with Gasteiger partial charge in [0.2, 0.25) is 0 Å². The summed E-state index contributed by atoms with van der Waals surface area (Å²) >= 11 is 6.26. The molecule has 0 aliphatic carbocycles. The Balaban J connectivity index is 2.13. The van der Waals surface area contributed by atoms with Gasteiger partial charge in [0.15, 0.2) is 11.6 Å². The number of fused-ring (bicyclic) bond motifs is 1. The first-order valence-corrected chi connectivity index (χ1v) is 6.95. The van der Waals surface area contributed by atoms with Gasteiger partial charge < -0.3 is 0 Å². The van der Waals surface area contributed by atoms with Crippen molar-refractivity contribution >= 4 is 22.5 Å². The van der Waals surface area contributed by atoms with Gasteiger partial charge in [0.1, 0.15) is 0 Å². The molecule has 0 aliphatic heterocycles. The molecule has 0 radical (unpaired) electrons. The number of aromatic nitrogens is 1. The fraction of sp³-hybridized carbons (Fsp3) is 0.118. The number of para-hydroxylation sites is 1. The van der Waals surface area contributed by atoms with Crippen molar-refractivity contribution in [2.45, 2.75) is 12.8 Å². The smallest absolute Gasteiger partial charge is 0.162 e. The van der Waals surface area contributed by atoms with Gasteiger partial charge in [-0.3, -0.25) is 4.98 Å². The van der Waals surface area contributed by atoms with Crippen LogP contribution in [0, 0.1) is 11.6 Å². The highest BCUT2D eigenvalue weighted by atomic mass is 35.5. The summed E-state index contributed by atoms with van der Waals surface area (Å²) in [4.78, 5) is 4.51. The zero-order valence-electron chi connectivity index (χ0n) is 11.3. The SMILES string of the molecule is CC(c1cc(Cl)c2ccccc2n1)c1cccc(F)c1F. The molecule has 0 saturated heterocycles. The van der Waals surface area contributed by atoms with Crippen molar-refractivity contribution in [1.82, 2.24) is 4.98 Å². The van der Waals surface area contributed by atoms with E-state index in [1.165, 1.54) is 6.07 Å². The zero-order chi connectivity index (χ0) is 15.0. The summed E-state index contributed by atoms with van der Waals surface area (Å²) in [7, 11) is 0. The van der Waals surface area contributed by atoms with Crippen LogP contribution in [0.5, 0.6) is 0 Å². The molecular weight excluding hydrogens is 292 g/mol. The summed E-state index contributed by atoms with van der Waals surface area (Å²) in [5.41, 5.74) is 1.63. The Morgan fingerprint density at radius 2 is 1.81 bits per heavy atom. The van der Waals surface area contributed by atoms with Crippen molar-refractivity contribution in [3.63, 3.8) is 0 Å². The molecule has 0 N–H and O–H groups in total. The van der Waals surface area contributed by atoms with Gasteiger partial charge in [-0.05, 0) is 23.8 Å². The minimum atomic E-state index is -0.855. The molecule has 3 rings (SSSR count). The molecule has 0 saturated carbocycles. The summed E-state index contributed by atoms with van der Waals surface area (Å²) in [6.07, 6.45) is 0. The van der Waals surface area contributed by atoms with E-state index in [2.05, 4.69) is 4.98 Å². The Kier molecular flexibility index (Phi) is 3.60. The molecular formula is C17H12ClF2N. The number of benzene rings is 2. The topological polar surface area (TPSA) is 12.9 Å². The Morgan fingerprint density at radius 3 is 2.62 bits per heavy atom. The summed E-state index contributed by atoms with van der Waals surface area (Å²) in [6, 6.07) is 13.3. The number of halogens is 3. The molecule has 0 aliphatic rings. The van der Waals surface area contributed by atoms with Gasteiger partial charge in [0.25, 0.3) is 0 Å². The Labute approximate surface area is 126 Å². The van der Waals surface area contributed by atoms with Crippen molar-refractivity contribution in [2.24, 2.45) is 0 Å². The molecule has 21 heavy (non-hydrogen) atoms. The van der Waals surface area contributed by atoms with E-state index in [0.717, 1.165) is 17.0 Å². The monoisotopic (exact) mass is 303 g/mol. The van der Waals surface area contributed by atoms with E-state index < -0.39 is 11.6 Å². The molecule has 2 aromatic carbocycles. The molecule has 1 atom stereocenters. The first-order chi connectivity index (χ1) is 10.1. The summed E-state index contributed by atoms with van der Waals surface area (Å²) in [5, 5.41) is 1.40. The second-order valence-electron chi connectivity index (χ2n) is 4.91. The molecule has 1 heterocycles. The Morgan fingerprint density at radius 1 is 1.05 bits per heavy atom. The van der Waals surface area contributed by atoms with Crippen LogP contribution in [0.1, 0.15) is 24.1 Å². The highest BCUT2D eigenvalue weighted by molar-refractivity contribution is 6.35. The van der Waals surface area contributed by atoms with Crippen LogP contribution in [0.2, 0.25) is 5.02 Å². The van der Waals surface area contributed by atoms with E-state index >= 15 is 0 Å². The minimum absolute atomic E-state index is 0.272. The normalized spacial score (nSPS) is 12.6. The largest absolute Gasteiger partial charge is 0.252 e.